The molecule has 158 valence electrons. The Kier molecular flexibility index (Phi) is 8.54. The van der Waals surface area contributed by atoms with E-state index < -0.39 is 9.84 Å². The van der Waals surface area contributed by atoms with Crippen LogP contribution >= 0.6 is 24.0 Å². The molecule has 1 unspecified atom stereocenters. The van der Waals surface area contributed by atoms with Gasteiger partial charge in [0.15, 0.2) is 15.8 Å². The Morgan fingerprint density at radius 3 is 2.64 bits per heavy atom. The predicted molar refractivity (Wildman–Crippen MR) is 123 cm³/mol. The maximum absolute atomic E-state index is 13.8. The van der Waals surface area contributed by atoms with Gasteiger partial charge in [0.2, 0.25) is 0 Å². The van der Waals surface area contributed by atoms with Crippen molar-refractivity contribution in [1.82, 2.24) is 10.6 Å². The topological polar surface area (TPSA) is 70.6 Å². The average molecular weight is 523 g/mol. The molecule has 0 aromatic heterocycles. The lowest BCUT2D eigenvalue weighted by atomic mass is 9.69. The van der Waals surface area contributed by atoms with Crippen LogP contribution in [0.5, 0.6) is 0 Å². The Hall–Kier alpha value is -0.900. The van der Waals surface area contributed by atoms with E-state index in [0.29, 0.717) is 25.5 Å². The van der Waals surface area contributed by atoms with Gasteiger partial charge in [-0.05, 0) is 43.9 Å². The zero-order valence-electron chi connectivity index (χ0n) is 16.4. The average Bonchev–Trinajstić information content (AvgIpc) is 2.99. The molecule has 28 heavy (non-hydrogen) atoms. The Morgan fingerprint density at radius 1 is 1.29 bits per heavy atom. The standard InChI is InChI=1S/C20H30FN3O2S.HI/c1-2-22-19(24-18-9-12-27(25,26)14-18)23-15-20(10-4-3-5-11-20)16-7-6-8-17(21)13-16;/h6-8,13,18H,2-5,9-12,14-15H2,1H3,(H2,22,23,24);1H. The van der Waals surface area contributed by atoms with Gasteiger partial charge in [-0.3, -0.25) is 4.99 Å². The van der Waals surface area contributed by atoms with Crippen LogP contribution in [0.25, 0.3) is 0 Å². The molecular formula is C20H31FIN3O2S. The fraction of sp³-hybridized carbons (Fsp3) is 0.650. The Balaban J connectivity index is 0.00000280. The third-order valence-electron chi connectivity index (χ3n) is 5.70. The number of benzene rings is 1. The first-order valence-electron chi connectivity index (χ1n) is 9.94. The second-order valence-corrected chi connectivity index (χ2v) is 10.0. The number of hydrogen-bond acceptors (Lipinski definition) is 3. The highest BCUT2D eigenvalue weighted by atomic mass is 127. The number of nitrogens with one attached hydrogen (secondary N) is 2. The molecule has 0 bridgehead atoms. The largest absolute Gasteiger partial charge is 0.357 e. The Bertz CT molecular complexity index is 779. The molecule has 1 aromatic rings. The molecule has 1 aliphatic carbocycles. The second kappa shape index (κ2) is 10.2. The van der Waals surface area contributed by atoms with Gasteiger partial charge in [0.25, 0.3) is 0 Å². The fourth-order valence-corrected chi connectivity index (χ4v) is 5.91. The number of nitrogens with zero attached hydrogens (tertiary/aromatic N) is 1. The van der Waals surface area contributed by atoms with Crippen molar-refractivity contribution in [3.8, 4) is 0 Å². The first-order chi connectivity index (χ1) is 12.9. The lowest BCUT2D eigenvalue weighted by Gasteiger charge is -2.37. The fourth-order valence-electron chi connectivity index (χ4n) is 4.24. The van der Waals surface area contributed by atoms with Gasteiger partial charge in [-0.1, -0.05) is 31.4 Å². The molecule has 2 fully saturated rings. The van der Waals surface area contributed by atoms with Crippen LogP contribution in [0.3, 0.4) is 0 Å². The monoisotopic (exact) mass is 523 g/mol. The van der Waals surface area contributed by atoms with Gasteiger partial charge in [0, 0.05) is 18.0 Å². The summed E-state index contributed by atoms with van der Waals surface area (Å²) in [6, 6.07) is 6.82. The van der Waals surface area contributed by atoms with E-state index in [9.17, 15) is 12.8 Å². The van der Waals surface area contributed by atoms with Crippen molar-refractivity contribution in [2.75, 3.05) is 24.6 Å². The highest BCUT2D eigenvalue weighted by Crippen LogP contribution is 2.40. The van der Waals surface area contributed by atoms with Crippen LogP contribution in [0, 0.1) is 5.82 Å². The van der Waals surface area contributed by atoms with Crippen molar-refractivity contribution in [3.05, 3.63) is 35.6 Å². The summed E-state index contributed by atoms with van der Waals surface area (Å²) < 4.78 is 37.3. The molecule has 1 aromatic carbocycles. The van der Waals surface area contributed by atoms with Crippen LogP contribution in [0.2, 0.25) is 0 Å². The normalized spacial score (nSPS) is 23.6. The third-order valence-corrected chi connectivity index (χ3v) is 7.47. The van der Waals surface area contributed by atoms with Crippen molar-refractivity contribution < 1.29 is 12.8 Å². The van der Waals surface area contributed by atoms with Gasteiger partial charge in [0.05, 0.1) is 18.1 Å². The van der Waals surface area contributed by atoms with Gasteiger partial charge in [0.1, 0.15) is 5.82 Å². The lowest BCUT2D eigenvalue weighted by molar-refractivity contribution is 0.300. The molecule has 3 rings (SSSR count). The molecule has 1 atom stereocenters. The van der Waals surface area contributed by atoms with Crippen molar-refractivity contribution >= 4 is 39.8 Å². The number of hydrogen-bond donors (Lipinski definition) is 2. The molecule has 5 nitrogen and oxygen atoms in total. The first-order valence-corrected chi connectivity index (χ1v) is 11.8. The van der Waals surface area contributed by atoms with Crippen molar-refractivity contribution in [1.29, 1.82) is 0 Å². The number of aliphatic imine (C=N–C) groups is 1. The molecule has 1 aliphatic heterocycles. The summed E-state index contributed by atoms with van der Waals surface area (Å²) >= 11 is 0. The van der Waals surface area contributed by atoms with Crippen LogP contribution in [-0.4, -0.2) is 45.0 Å². The summed E-state index contributed by atoms with van der Waals surface area (Å²) in [5.74, 6) is 0.840. The van der Waals surface area contributed by atoms with Crippen LogP contribution in [0.15, 0.2) is 29.3 Å². The molecule has 1 heterocycles. The van der Waals surface area contributed by atoms with E-state index in [1.807, 2.05) is 13.0 Å². The number of sulfone groups is 1. The molecule has 0 spiro atoms. The predicted octanol–water partition coefficient (Wildman–Crippen LogP) is 3.39. The van der Waals surface area contributed by atoms with Crippen LogP contribution in [0.4, 0.5) is 4.39 Å². The minimum absolute atomic E-state index is 0. The van der Waals surface area contributed by atoms with E-state index in [1.165, 1.54) is 12.5 Å². The summed E-state index contributed by atoms with van der Waals surface area (Å²) in [6.45, 7) is 3.27. The summed E-state index contributed by atoms with van der Waals surface area (Å²) in [5.41, 5.74) is 0.870. The molecule has 2 aliphatic rings. The van der Waals surface area contributed by atoms with E-state index in [-0.39, 0.29) is 52.8 Å². The van der Waals surface area contributed by atoms with E-state index in [2.05, 4.69) is 10.6 Å². The van der Waals surface area contributed by atoms with E-state index in [4.69, 9.17) is 4.99 Å². The van der Waals surface area contributed by atoms with Gasteiger partial charge in [-0.15, -0.1) is 24.0 Å². The van der Waals surface area contributed by atoms with Gasteiger partial charge in [-0.2, -0.15) is 0 Å². The minimum Gasteiger partial charge on any atom is -0.357 e. The lowest BCUT2D eigenvalue weighted by Crippen LogP contribution is -2.45. The minimum atomic E-state index is -2.94. The van der Waals surface area contributed by atoms with Crippen LogP contribution < -0.4 is 10.6 Å². The van der Waals surface area contributed by atoms with Crippen molar-refractivity contribution in [2.24, 2.45) is 4.99 Å². The van der Waals surface area contributed by atoms with Crippen molar-refractivity contribution in [3.63, 3.8) is 0 Å². The number of guanidine groups is 1. The second-order valence-electron chi connectivity index (χ2n) is 7.79. The maximum atomic E-state index is 13.8. The van der Waals surface area contributed by atoms with E-state index in [1.54, 1.807) is 12.1 Å². The summed E-state index contributed by atoms with van der Waals surface area (Å²) in [6.07, 6.45) is 6.06. The highest BCUT2D eigenvalue weighted by molar-refractivity contribution is 14.0. The molecule has 0 amide bonds. The molecular weight excluding hydrogens is 492 g/mol. The third kappa shape index (κ3) is 6.05. The van der Waals surface area contributed by atoms with Crippen molar-refractivity contribution in [2.45, 2.75) is 56.9 Å². The Morgan fingerprint density at radius 2 is 2.04 bits per heavy atom. The molecule has 1 saturated carbocycles. The smallest absolute Gasteiger partial charge is 0.191 e. The van der Waals surface area contributed by atoms with E-state index >= 15 is 0 Å². The summed E-state index contributed by atoms with van der Waals surface area (Å²) in [4.78, 5) is 4.80. The van der Waals surface area contributed by atoms with Gasteiger partial charge < -0.3 is 10.6 Å². The number of halogens is 2. The quantitative estimate of drug-likeness (QED) is 0.353. The van der Waals surface area contributed by atoms with E-state index in [0.717, 1.165) is 31.2 Å². The zero-order chi connectivity index (χ0) is 19.3. The molecule has 1 saturated heterocycles. The SMILES string of the molecule is CCNC(=NCC1(c2cccc(F)c2)CCCCC1)NC1CCS(=O)(=O)C1.I. The summed E-state index contributed by atoms with van der Waals surface area (Å²) in [5, 5.41) is 6.50. The number of rotatable bonds is 5. The molecule has 2 N–H and O–H groups in total. The summed E-state index contributed by atoms with van der Waals surface area (Å²) in [7, 11) is -2.94. The highest BCUT2D eigenvalue weighted by Gasteiger charge is 2.34. The molecule has 0 radical (unpaired) electrons. The van der Waals surface area contributed by atoms with Crippen LogP contribution in [-0.2, 0) is 15.3 Å². The maximum Gasteiger partial charge on any atom is 0.191 e. The van der Waals surface area contributed by atoms with Gasteiger partial charge in [-0.25, -0.2) is 12.8 Å². The molecule has 8 heteroatoms. The van der Waals surface area contributed by atoms with Gasteiger partial charge >= 0.3 is 0 Å². The Labute approximate surface area is 184 Å². The first kappa shape index (κ1) is 23.4. The zero-order valence-corrected chi connectivity index (χ0v) is 19.6. The van der Waals surface area contributed by atoms with Crippen LogP contribution in [0.1, 0.15) is 51.0 Å².